The van der Waals surface area contributed by atoms with Gasteiger partial charge in [0.25, 0.3) is 0 Å². The maximum atomic E-state index is 11.4. The lowest BCUT2D eigenvalue weighted by molar-refractivity contribution is -0.137. The third kappa shape index (κ3) is 5.20. The molecule has 0 aliphatic heterocycles. The van der Waals surface area contributed by atoms with Crippen LogP contribution in [0.3, 0.4) is 0 Å². The Kier molecular flexibility index (Phi) is 4.87. The maximum absolute atomic E-state index is 11.4. The largest absolute Gasteiger partial charge is 0.481 e. The van der Waals surface area contributed by atoms with Crippen LogP contribution in [0, 0.1) is 0 Å². The Labute approximate surface area is 89.4 Å². The molecule has 1 unspecified atom stereocenters. The molecule has 1 amide bonds. The minimum Gasteiger partial charge on any atom is -0.481 e. The number of nitrogens with one attached hydrogen (secondary N) is 1. The van der Waals surface area contributed by atoms with Gasteiger partial charge < -0.3 is 10.4 Å². The molecule has 2 N–H and O–H groups in total. The lowest BCUT2D eigenvalue weighted by Gasteiger charge is -2.19. The van der Waals surface area contributed by atoms with Gasteiger partial charge in [0.2, 0.25) is 5.91 Å². The van der Waals surface area contributed by atoms with E-state index in [1.54, 1.807) is 0 Å². The molecule has 0 spiro atoms. The predicted octanol–water partition coefficient (Wildman–Crippen LogP) is 1.47. The number of carboxylic acid groups (broad SMARTS) is 1. The minimum absolute atomic E-state index is 0.0310. The molecular formula is C11H17NO3. The summed E-state index contributed by atoms with van der Waals surface area (Å²) in [4.78, 5) is 21.6. The smallest absolute Gasteiger partial charge is 0.303 e. The van der Waals surface area contributed by atoms with Crippen molar-refractivity contribution < 1.29 is 14.7 Å². The van der Waals surface area contributed by atoms with E-state index in [-0.39, 0.29) is 18.4 Å². The summed E-state index contributed by atoms with van der Waals surface area (Å²) in [6, 6.07) is 0.243. The molecular weight excluding hydrogens is 194 g/mol. The summed E-state index contributed by atoms with van der Waals surface area (Å²) in [5.74, 6) is -0.875. The van der Waals surface area contributed by atoms with Gasteiger partial charge in [-0.15, -0.1) is 0 Å². The fourth-order valence-corrected chi connectivity index (χ4v) is 1.62. The summed E-state index contributed by atoms with van der Waals surface area (Å²) in [6.45, 7) is 0. The molecule has 1 aliphatic rings. The van der Waals surface area contributed by atoms with Gasteiger partial charge in [-0.1, -0.05) is 12.2 Å². The van der Waals surface area contributed by atoms with Crippen molar-refractivity contribution in [2.75, 3.05) is 0 Å². The van der Waals surface area contributed by atoms with Crippen LogP contribution in [0.5, 0.6) is 0 Å². The van der Waals surface area contributed by atoms with Gasteiger partial charge >= 0.3 is 5.97 Å². The first-order valence-corrected chi connectivity index (χ1v) is 5.34. The summed E-state index contributed by atoms with van der Waals surface area (Å²) in [5.41, 5.74) is 0. The predicted molar refractivity (Wildman–Crippen MR) is 56.4 cm³/mol. The van der Waals surface area contributed by atoms with Crippen molar-refractivity contribution in [2.24, 2.45) is 0 Å². The molecule has 0 aromatic rings. The first-order valence-electron chi connectivity index (χ1n) is 5.34. The molecule has 0 aromatic carbocycles. The van der Waals surface area contributed by atoms with Crippen LogP contribution in [0.1, 0.15) is 38.5 Å². The molecule has 0 aromatic heterocycles. The Bertz CT molecular complexity index is 261. The average molecular weight is 211 g/mol. The van der Waals surface area contributed by atoms with Crippen molar-refractivity contribution in [3.63, 3.8) is 0 Å². The molecule has 0 bridgehead atoms. The van der Waals surface area contributed by atoms with Crippen LogP contribution in [-0.2, 0) is 9.59 Å². The Morgan fingerprint density at radius 2 is 2.13 bits per heavy atom. The van der Waals surface area contributed by atoms with Crippen molar-refractivity contribution in [3.05, 3.63) is 12.2 Å². The highest BCUT2D eigenvalue weighted by Gasteiger charge is 2.12. The number of amides is 1. The van der Waals surface area contributed by atoms with Crippen LogP contribution in [0.4, 0.5) is 0 Å². The topological polar surface area (TPSA) is 66.4 Å². The van der Waals surface area contributed by atoms with Crippen molar-refractivity contribution >= 4 is 11.9 Å². The van der Waals surface area contributed by atoms with E-state index in [1.165, 1.54) is 0 Å². The molecule has 4 heteroatoms. The molecule has 84 valence electrons. The minimum atomic E-state index is -0.844. The number of allylic oxidation sites excluding steroid dienone is 1. The Morgan fingerprint density at radius 1 is 1.33 bits per heavy atom. The number of carbonyl (C=O) groups is 2. The van der Waals surface area contributed by atoms with E-state index in [1.807, 2.05) is 0 Å². The van der Waals surface area contributed by atoms with Crippen LogP contribution < -0.4 is 5.32 Å². The summed E-state index contributed by atoms with van der Waals surface area (Å²) in [7, 11) is 0. The summed E-state index contributed by atoms with van der Waals surface area (Å²) >= 11 is 0. The molecule has 1 rings (SSSR count). The zero-order chi connectivity index (χ0) is 11.1. The number of rotatable bonds is 5. The van der Waals surface area contributed by atoms with E-state index >= 15 is 0 Å². The van der Waals surface area contributed by atoms with Gasteiger partial charge in [-0.3, -0.25) is 9.59 Å². The maximum Gasteiger partial charge on any atom is 0.303 e. The monoisotopic (exact) mass is 211 g/mol. The third-order valence-electron chi connectivity index (χ3n) is 2.43. The van der Waals surface area contributed by atoms with Gasteiger partial charge in [-0.25, -0.2) is 0 Å². The quantitative estimate of drug-likeness (QED) is 0.677. The lowest BCUT2D eigenvalue weighted by Crippen LogP contribution is -2.35. The summed E-state index contributed by atoms with van der Waals surface area (Å²) in [5, 5.41) is 11.3. The lowest BCUT2D eigenvalue weighted by atomic mass is 10.0. The van der Waals surface area contributed by atoms with Crippen LogP contribution in [0.25, 0.3) is 0 Å². The van der Waals surface area contributed by atoms with E-state index in [0.29, 0.717) is 12.8 Å². The molecule has 0 saturated heterocycles. The second kappa shape index (κ2) is 6.22. The fourth-order valence-electron chi connectivity index (χ4n) is 1.62. The number of hydrogen-bond donors (Lipinski definition) is 2. The van der Waals surface area contributed by atoms with Gasteiger partial charge in [0.15, 0.2) is 0 Å². The number of carbonyl (C=O) groups excluding carboxylic acids is 1. The average Bonchev–Trinajstić information content (AvgIpc) is 2.18. The highest BCUT2D eigenvalue weighted by Crippen LogP contribution is 2.10. The van der Waals surface area contributed by atoms with Crippen molar-refractivity contribution in [1.29, 1.82) is 0 Å². The Balaban J connectivity index is 2.12. The highest BCUT2D eigenvalue weighted by atomic mass is 16.4. The van der Waals surface area contributed by atoms with Gasteiger partial charge in [-0.05, 0) is 25.7 Å². The van der Waals surface area contributed by atoms with Gasteiger partial charge in [0, 0.05) is 18.9 Å². The third-order valence-corrected chi connectivity index (χ3v) is 2.43. The number of carboxylic acids is 1. The standard InChI is InChI=1S/C11H17NO3/c13-10(7-4-8-11(14)15)12-9-5-2-1-3-6-9/h1-2,9H,3-8H2,(H,12,13)(H,14,15). The number of aliphatic carboxylic acids is 1. The van der Waals surface area contributed by atoms with E-state index in [4.69, 9.17) is 5.11 Å². The van der Waals surface area contributed by atoms with Gasteiger partial charge in [0.1, 0.15) is 0 Å². The number of hydrogen-bond acceptors (Lipinski definition) is 2. The molecule has 0 saturated carbocycles. The summed E-state index contributed by atoms with van der Waals surface area (Å²) in [6.07, 6.45) is 7.89. The zero-order valence-electron chi connectivity index (χ0n) is 8.74. The molecule has 4 nitrogen and oxygen atoms in total. The SMILES string of the molecule is O=C(O)CCCC(=O)NC1CC=CCC1. The Hall–Kier alpha value is -1.32. The first-order chi connectivity index (χ1) is 7.18. The first kappa shape index (κ1) is 11.8. The van der Waals surface area contributed by atoms with E-state index in [9.17, 15) is 9.59 Å². The molecule has 0 radical (unpaired) electrons. The molecule has 1 aliphatic carbocycles. The second-order valence-corrected chi connectivity index (χ2v) is 3.80. The molecule has 15 heavy (non-hydrogen) atoms. The molecule has 0 heterocycles. The van der Waals surface area contributed by atoms with Crippen LogP contribution in [0.2, 0.25) is 0 Å². The van der Waals surface area contributed by atoms with E-state index in [2.05, 4.69) is 17.5 Å². The van der Waals surface area contributed by atoms with Gasteiger partial charge in [-0.2, -0.15) is 0 Å². The molecule has 1 atom stereocenters. The van der Waals surface area contributed by atoms with Crippen LogP contribution in [0.15, 0.2) is 12.2 Å². The zero-order valence-corrected chi connectivity index (χ0v) is 8.74. The van der Waals surface area contributed by atoms with Crippen molar-refractivity contribution in [2.45, 2.75) is 44.6 Å². The molecule has 0 fully saturated rings. The van der Waals surface area contributed by atoms with E-state index < -0.39 is 5.97 Å². The summed E-state index contributed by atoms with van der Waals surface area (Å²) < 4.78 is 0. The van der Waals surface area contributed by atoms with E-state index in [0.717, 1.165) is 19.3 Å². The highest BCUT2D eigenvalue weighted by molar-refractivity contribution is 5.77. The van der Waals surface area contributed by atoms with Crippen molar-refractivity contribution in [1.82, 2.24) is 5.32 Å². The Morgan fingerprint density at radius 3 is 2.73 bits per heavy atom. The van der Waals surface area contributed by atoms with Crippen LogP contribution >= 0.6 is 0 Å². The van der Waals surface area contributed by atoms with Crippen LogP contribution in [-0.4, -0.2) is 23.0 Å². The normalized spacial score (nSPS) is 19.9. The van der Waals surface area contributed by atoms with Gasteiger partial charge in [0.05, 0.1) is 0 Å². The van der Waals surface area contributed by atoms with Crippen molar-refractivity contribution in [3.8, 4) is 0 Å². The second-order valence-electron chi connectivity index (χ2n) is 3.80. The fraction of sp³-hybridized carbons (Fsp3) is 0.636.